The van der Waals surface area contributed by atoms with Crippen molar-refractivity contribution in [3.05, 3.63) is 86.8 Å². The van der Waals surface area contributed by atoms with Gasteiger partial charge in [0.2, 0.25) is 11.8 Å². The number of imide groups is 1. The van der Waals surface area contributed by atoms with Crippen LogP contribution in [0.25, 0.3) is 22.2 Å². The van der Waals surface area contributed by atoms with Gasteiger partial charge in [-0.3, -0.25) is 19.3 Å². The van der Waals surface area contributed by atoms with Gasteiger partial charge in [-0.15, -0.1) is 0 Å². The van der Waals surface area contributed by atoms with Crippen LogP contribution in [0.3, 0.4) is 0 Å². The zero-order valence-electron chi connectivity index (χ0n) is 24.1. The molecule has 1 aliphatic carbocycles. The van der Waals surface area contributed by atoms with Gasteiger partial charge in [0.05, 0.1) is 46.4 Å². The highest BCUT2D eigenvalue weighted by atomic mass is 79.9. The van der Waals surface area contributed by atoms with E-state index in [1.165, 1.54) is 12.0 Å². The fourth-order valence-corrected chi connectivity index (χ4v) is 6.71. The lowest BCUT2D eigenvalue weighted by Crippen LogP contribution is -2.30. The molecule has 4 aromatic rings. The number of methoxy groups -OCH3 is 1. The second-order valence-electron chi connectivity index (χ2n) is 11.0. The molecule has 44 heavy (non-hydrogen) atoms. The molecular weight excluding hydrogens is 648 g/mol. The molecule has 2 heterocycles. The van der Waals surface area contributed by atoms with Crippen LogP contribution in [0.5, 0.6) is 5.75 Å². The molecule has 3 aromatic carbocycles. The van der Waals surface area contributed by atoms with E-state index in [4.69, 9.17) is 26.1 Å². The van der Waals surface area contributed by atoms with Gasteiger partial charge in [-0.25, -0.2) is 9.78 Å². The van der Waals surface area contributed by atoms with Crippen LogP contribution in [0.15, 0.2) is 65.1 Å². The Bertz CT molecular complexity index is 1800. The number of nitrogens with zero attached hydrogens (tertiary/aromatic N) is 2. The smallest absolute Gasteiger partial charge is 0.339 e. The Morgan fingerprint density at radius 3 is 2.23 bits per heavy atom. The number of carbonyl (C=O) groups is 4. The minimum absolute atomic E-state index is 0.138. The minimum atomic E-state index is -0.693. The lowest BCUT2D eigenvalue weighted by Gasteiger charge is -2.19. The quantitative estimate of drug-likeness (QED) is 0.115. The molecular formula is C34H28BrClN2O6. The van der Waals surface area contributed by atoms with Crippen molar-refractivity contribution in [3.8, 4) is 17.0 Å². The highest BCUT2D eigenvalue weighted by molar-refractivity contribution is 9.10. The number of anilines is 1. The molecule has 6 rings (SSSR count). The van der Waals surface area contributed by atoms with Crippen molar-refractivity contribution < 1.29 is 28.7 Å². The van der Waals surface area contributed by atoms with Gasteiger partial charge in [0.25, 0.3) is 0 Å². The molecule has 0 spiro atoms. The van der Waals surface area contributed by atoms with Gasteiger partial charge in [0, 0.05) is 21.0 Å². The van der Waals surface area contributed by atoms with Crippen molar-refractivity contribution in [2.75, 3.05) is 18.6 Å². The number of halogens is 2. The number of amides is 2. The van der Waals surface area contributed by atoms with E-state index in [2.05, 4.69) is 15.9 Å². The largest absolute Gasteiger partial charge is 0.497 e. The predicted octanol–water partition coefficient (Wildman–Crippen LogP) is 7.35. The third-order valence-corrected chi connectivity index (χ3v) is 9.79. The molecule has 1 aliphatic heterocycles. The Hall–Kier alpha value is -4.08. The molecule has 0 radical (unpaired) electrons. The molecule has 2 amide bonds. The molecule has 0 N–H and O–H groups in total. The first-order valence-electron chi connectivity index (χ1n) is 14.3. The molecule has 224 valence electrons. The number of carbonyl (C=O) groups excluding carboxylic acids is 4. The number of esters is 1. The number of aryl methyl sites for hydroxylation is 1. The Kier molecular flexibility index (Phi) is 8.26. The number of fused-ring (bicyclic) bond motifs is 2. The van der Waals surface area contributed by atoms with Crippen molar-refractivity contribution in [2.24, 2.45) is 11.8 Å². The Morgan fingerprint density at radius 1 is 0.977 bits per heavy atom. The molecule has 1 saturated heterocycles. The van der Waals surface area contributed by atoms with Gasteiger partial charge < -0.3 is 9.47 Å². The average Bonchev–Trinajstić information content (AvgIpc) is 3.31. The maximum atomic E-state index is 13.5. The number of ketones is 1. The number of rotatable bonds is 7. The number of Topliss-reactive ketones (excluding diaryl/α,β-unsaturated/α-hetero) is 1. The first-order valence-corrected chi connectivity index (χ1v) is 15.5. The maximum Gasteiger partial charge on any atom is 0.339 e. The summed E-state index contributed by atoms with van der Waals surface area (Å²) in [5.74, 6) is -1.20. The summed E-state index contributed by atoms with van der Waals surface area (Å²) in [6.45, 7) is 1.36. The van der Waals surface area contributed by atoms with Gasteiger partial charge in [-0.05, 0) is 89.8 Å². The number of ether oxygens (including phenoxy) is 2. The SMILES string of the molecule is COc1ccc(C(=O)COC(=O)c2cc(-c3ccc(N4C(=O)C5CCCCC5C4=O)cc3)nc3c(C)c(Cl)c(Br)cc23)cc1. The van der Waals surface area contributed by atoms with Crippen molar-refractivity contribution >= 4 is 67.7 Å². The lowest BCUT2D eigenvalue weighted by atomic mass is 9.81. The molecule has 2 unspecified atom stereocenters. The Labute approximate surface area is 267 Å². The Morgan fingerprint density at radius 2 is 1.61 bits per heavy atom. The fraction of sp³-hybridized carbons (Fsp3) is 0.265. The number of aromatic nitrogens is 1. The van der Waals surface area contributed by atoms with Crippen LogP contribution in [0.4, 0.5) is 5.69 Å². The highest BCUT2D eigenvalue weighted by Crippen LogP contribution is 2.41. The van der Waals surface area contributed by atoms with E-state index in [0.29, 0.717) is 54.2 Å². The van der Waals surface area contributed by atoms with E-state index in [1.807, 2.05) is 6.92 Å². The zero-order valence-corrected chi connectivity index (χ0v) is 26.4. The van der Waals surface area contributed by atoms with Crippen molar-refractivity contribution in [3.63, 3.8) is 0 Å². The molecule has 10 heteroatoms. The van der Waals surface area contributed by atoms with Gasteiger partial charge >= 0.3 is 5.97 Å². The predicted molar refractivity (Wildman–Crippen MR) is 170 cm³/mol. The summed E-state index contributed by atoms with van der Waals surface area (Å²) in [5.41, 5.74) is 3.40. The third-order valence-electron chi connectivity index (χ3n) is 8.45. The minimum Gasteiger partial charge on any atom is -0.497 e. The van der Waals surface area contributed by atoms with Crippen LogP contribution >= 0.6 is 27.5 Å². The molecule has 1 aromatic heterocycles. The summed E-state index contributed by atoms with van der Waals surface area (Å²) in [6, 6.07) is 16.8. The van der Waals surface area contributed by atoms with Gasteiger partial charge in [0.1, 0.15) is 5.75 Å². The Balaban J connectivity index is 1.31. The lowest BCUT2D eigenvalue weighted by molar-refractivity contribution is -0.122. The molecule has 0 bridgehead atoms. The molecule has 2 fully saturated rings. The van der Waals surface area contributed by atoms with E-state index in [1.54, 1.807) is 60.7 Å². The number of hydrogen-bond acceptors (Lipinski definition) is 7. The van der Waals surface area contributed by atoms with Crippen LogP contribution in [-0.4, -0.2) is 42.3 Å². The number of hydrogen-bond donors (Lipinski definition) is 0. The average molecular weight is 676 g/mol. The fourth-order valence-electron chi connectivity index (χ4n) is 6.04. The monoisotopic (exact) mass is 674 g/mol. The summed E-state index contributed by atoms with van der Waals surface area (Å²) < 4.78 is 11.2. The molecule has 2 atom stereocenters. The van der Waals surface area contributed by atoms with Gasteiger partial charge in [-0.1, -0.05) is 36.6 Å². The van der Waals surface area contributed by atoms with Gasteiger partial charge in [-0.2, -0.15) is 0 Å². The van der Waals surface area contributed by atoms with E-state index in [0.717, 1.165) is 25.7 Å². The van der Waals surface area contributed by atoms with E-state index >= 15 is 0 Å². The summed E-state index contributed by atoms with van der Waals surface area (Å²) in [7, 11) is 1.54. The van der Waals surface area contributed by atoms with Crippen molar-refractivity contribution in [1.29, 1.82) is 0 Å². The van der Waals surface area contributed by atoms with Crippen LogP contribution in [0.1, 0.15) is 52.0 Å². The maximum absolute atomic E-state index is 13.5. The first kappa shape index (κ1) is 30.0. The van der Waals surface area contributed by atoms with Crippen LogP contribution < -0.4 is 9.64 Å². The molecule has 8 nitrogen and oxygen atoms in total. The second kappa shape index (κ2) is 12.1. The standard InChI is InChI=1S/C34H28BrClN2O6/c1-18-30(36)27(35)15-25-26(34(42)44-17-29(39)20-9-13-22(43-2)14-10-20)16-28(37-31(18)25)19-7-11-21(12-8-19)38-32(40)23-5-3-4-6-24(23)33(38)41/h7-16,23-24H,3-6,17H2,1-2H3. The third kappa shape index (κ3) is 5.39. The highest BCUT2D eigenvalue weighted by Gasteiger charge is 2.48. The molecule has 1 saturated carbocycles. The summed E-state index contributed by atoms with van der Waals surface area (Å²) in [4.78, 5) is 58.5. The zero-order chi connectivity index (χ0) is 31.1. The van der Waals surface area contributed by atoms with Crippen LogP contribution in [-0.2, 0) is 14.3 Å². The van der Waals surface area contributed by atoms with E-state index in [9.17, 15) is 19.2 Å². The first-order chi connectivity index (χ1) is 21.2. The summed E-state index contributed by atoms with van der Waals surface area (Å²) in [6.07, 6.45) is 3.41. The number of benzene rings is 3. The number of pyridine rings is 1. The van der Waals surface area contributed by atoms with Crippen LogP contribution in [0, 0.1) is 18.8 Å². The normalized spacial score (nSPS) is 18.0. The van der Waals surface area contributed by atoms with Crippen molar-refractivity contribution in [1.82, 2.24) is 4.98 Å². The van der Waals surface area contributed by atoms with Gasteiger partial charge in [0.15, 0.2) is 12.4 Å². The molecule has 2 aliphatic rings. The summed E-state index contributed by atoms with van der Waals surface area (Å²) >= 11 is 9.98. The second-order valence-corrected chi connectivity index (χ2v) is 12.3. The van der Waals surface area contributed by atoms with Crippen LogP contribution in [0.2, 0.25) is 5.02 Å². The summed E-state index contributed by atoms with van der Waals surface area (Å²) in [5, 5.41) is 0.968. The van der Waals surface area contributed by atoms with E-state index in [-0.39, 0.29) is 35.0 Å². The van der Waals surface area contributed by atoms with Crippen molar-refractivity contribution in [2.45, 2.75) is 32.6 Å². The topological polar surface area (TPSA) is 103 Å². The van der Waals surface area contributed by atoms with E-state index < -0.39 is 12.6 Å².